The molecule has 0 saturated carbocycles. The highest BCUT2D eigenvalue weighted by Gasteiger charge is 1.77. The molecule has 2 heteroatoms. The second kappa shape index (κ2) is 6.76. The Kier molecular flexibility index (Phi) is 6.56. The van der Waals surface area contributed by atoms with E-state index >= 15 is 0 Å². The molecule has 0 aliphatic carbocycles. The van der Waals surface area contributed by atoms with Crippen molar-refractivity contribution in [3.8, 4) is 0 Å². The first-order valence-corrected chi connectivity index (χ1v) is 3.47. The maximum atomic E-state index is 3.69. The molecule has 0 heterocycles. The monoisotopic (exact) mass is 128 g/mol. The number of hydrogen-bond acceptors (Lipinski definition) is 2. The fraction of sp³-hybridized carbons (Fsp3) is 0.500. The SMILES string of the molecule is C=CCCS[C]=NC. The molecule has 0 N–H and O–H groups in total. The predicted molar refractivity (Wildman–Crippen MR) is 40.6 cm³/mol. The van der Waals surface area contributed by atoms with E-state index in [1.807, 2.05) is 6.08 Å². The molecule has 0 unspecified atom stereocenters. The molecule has 0 spiro atoms. The third kappa shape index (κ3) is 5.76. The van der Waals surface area contributed by atoms with E-state index in [0.29, 0.717) is 0 Å². The third-order valence-electron chi connectivity index (χ3n) is 0.580. The molecule has 0 amide bonds. The van der Waals surface area contributed by atoms with Gasteiger partial charge in [0.1, 0.15) is 5.55 Å². The van der Waals surface area contributed by atoms with Gasteiger partial charge in [0.15, 0.2) is 0 Å². The lowest BCUT2D eigenvalue weighted by Crippen LogP contribution is -1.72. The van der Waals surface area contributed by atoms with Crippen LogP contribution in [0.1, 0.15) is 6.42 Å². The Morgan fingerprint density at radius 3 is 3.12 bits per heavy atom. The molecule has 0 bridgehead atoms. The molecule has 45 valence electrons. The van der Waals surface area contributed by atoms with Gasteiger partial charge < -0.3 is 0 Å². The Labute approximate surface area is 54.9 Å². The standard InChI is InChI=1S/C6H10NS/c1-3-4-5-8-6-7-2/h3H,1,4-5H2,2H3. The van der Waals surface area contributed by atoms with Crippen molar-refractivity contribution in [1.82, 2.24) is 0 Å². The molecule has 0 aromatic carbocycles. The van der Waals surface area contributed by atoms with Gasteiger partial charge in [0.2, 0.25) is 0 Å². The number of hydrogen-bond donors (Lipinski definition) is 0. The fourth-order valence-electron chi connectivity index (χ4n) is 0.252. The van der Waals surface area contributed by atoms with Gasteiger partial charge in [0, 0.05) is 12.8 Å². The van der Waals surface area contributed by atoms with Crippen molar-refractivity contribution in [1.29, 1.82) is 0 Å². The zero-order valence-electron chi connectivity index (χ0n) is 5.05. The van der Waals surface area contributed by atoms with E-state index < -0.39 is 0 Å². The van der Waals surface area contributed by atoms with Crippen LogP contribution < -0.4 is 0 Å². The first kappa shape index (κ1) is 7.76. The fourth-order valence-corrected chi connectivity index (χ4v) is 0.757. The highest BCUT2D eigenvalue weighted by molar-refractivity contribution is 8.12. The number of allylic oxidation sites excluding steroid dienone is 1. The zero-order valence-corrected chi connectivity index (χ0v) is 5.87. The molecular formula is C6H10NS. The van der Waals surface area contributed by atoms with Gasteiger partial charge in [-0.2, -0.15) is 0 Å². The van der Waals surface area contributed by atoms with E-state index in [-0.39, 0.29) is 0 Å². The lowest BCUT2D eigenvalue weighted by atomic mass is 10.5. The molecular weight excluding hydrogens is 118 g/mol. The van der Waals surface area contributed by atoms with Gasteiger partial charge in [-0.25, -0.2) is 0 Å². The minimum absolute atomic E-state index is 1.03. The Bertz CT molecular complexity index is 78.6. The van der Waals surface area contributed by atoms with E-state index in [9.17, 15) is 0 Å². The van der Waals surface area contributed by atoms with Gasteiger partial charge in [0.05, 0.1) is 0 Å². The van der Waals surface area contributed by atoms with Crippen molar-refractivity contribution in [3.05, 3.63) is 12.7 Å². The normalized spacial score (nSPS) is 10.1. The molecule has 1 nitrogen and oxygen atoms in total. The van der Waals surface area contributed by atoms with Crippen molar-refractivity contribution in [3.63, 3.8) is 0 Å². The lowest BCUT2D eigenvalue weighted by molar-refractivity contribution is 1.26. The third-order valence-corrected chi connectivity index (χ3v) is 1.33. The Hall–Kier alpha value is -0.240. The average Bonchev–Trinajstić information content (AvgIpc) is 1.81. The van der Waals surface area contributed by atoms with Crippen LogP contribution in [0.15, 0.2) is 17.6 Å². The van der Waals surface area contributed by atoms with Crippen molar-refractivity contribution in [2.75, 3.05) is 12.8 Å². The van der Waals surface area contributed by atoms with Gasteiger partial charge in [-0.15, -0.1) is 18.3 Å². The largest absolute Gasteiger partial charge is 0.279 e. The summed E-state index contributed by atoms with van der Waals surface area (Å²) in [7, 11) is 1.72. The van der Waals surface area contributed by atoms with Crippen LogP contribution in [0.25, 0.3) is 0 Å². The summed E-state index contributed by atoms with van der Waals surface area (Å²) in [5.74, 6) is 1.04. The van der Waals surface area contributed by atoms with Crippen LogP contribution >= 0.6 is 11.8 Å². The highest BCUT2D eigenvalue weighted by atomic mass is 32.2. The average molecular weight is 128 g/mol. The van der Waals surface area contributed by atoms with Crippen LogP contribution in [0.3, 0.4) is 0 Å². The second-order valence-electron chi connectivity index (χ2n) is 1.24. The summed E-state index contributed by atoms with van der Waals surface area (Å²) in [6, 6.07) is 0. The van der Waals surface area contributed by atoms with Crippen molar-refractivity contribution in [2.24, 2.45) is 4.99 Å². The Morgan fingerprint density at radius 2 is 2.62 bits per heavy atom. The predicted octanol–water partition coefficient (Wildman–Crippen LogP) is 1.83. The van der Waals surface area contributed by atoms with Crippen molar-refractivity contribution in [2.45, 2.75) is 6.42 Å². The summed E-state index contributed by atoms with van der Waals surface area (Å²) in [4.78, 5) is 3.69. The van der Waals surface area contributed by atoms with Crippen LogP contribution in [-0.2, 0) is 0 Å². The molecule has 0 rings (SSSR count). The molecule has 8 heavy (non-hydrogen) atoms. The number of nitrogens with zero attached hydrogens (tertiary/aromatic N) is 1. The van der Waals surface area contributed by atoms with E-state index in [4.69, 9.17) is 0 Å². The number of aliphatic imine (C=N–C) groups is 1. The maximum Gasteiger partial charge on any atom is 0.122 e. The van der Waals surface area contributed by atoms with E-state index in [2.05, 4.69) is 17.1 Å². The van der Waals surface area contributed by atoms with Crippen LogP contribution in [-0.4, -0.2) is 18.3 Å². The molecule has 0 fully saturated rings. The van der Waals surface area contributed by atoms with Crippen molar-refractivity contribution < 1.29 is 0 Å². The Balaban J connectivity index is 2.82. The molecule has 0 aromatic heterocycles. The molecule has 0 aromatic rings. The minimum Gasteiger partial charge on any atom is -0.279 e. The minimum atomic E-state index is 1.03. The summed E-state index contributed by atoms with van der Waals surface area (Å²) >= 11 is 1.59. The maximum absolute atomic E-state index is 3.69. The Morgan fingerprint density at radius 1 is 1.88 bits per heavy atom. The summed E-state index contributed by atoms with van der Waals surface area (Å²) in [6.07, 6.45) is 2.93. The smallest absolute Gasteiger partial charge is 0.122 e. The second-order valence-corrected chi connectivity index (χ2v) is 2.12. The van der Waals surface area contributed by atoms with Crippen LogP contribution in [0.4, 0.5) is 0 Å². The van der Waals surface area contributed by atoms with E-state index in [1.165, 1.54) is 0 Å². The topological polar surface area (TPSA) is 12.4 Å². The van der Waals surface area contributed by atoms with Crippen LogP contribution in [0.5, 0.6) is 0 Å². The summed E-state index contributed by atoms with van der Waals surface area (Å²) in [5, 5.41) is 0. The van der Waals surface area contributed by atoms with Gasteiger partial charge in [-0.05, 0) is 6.42 Å². The number of rotatable bonds is 4. The molecule has 1 radical (unpaired) electrons. The molecule has 0 aliphatic heterocycles. The van der Waals surface area contributed by atoms with Gasteiger partial charge in [-0.1, -0.05) is 6.08 Å². The summed E-state index contributed by atoms with van der Waals surface area (Å²) in [5.41, 5.74) is 2.78. The summed E-state index contributed by atoms with van der Waals surface area (Å²) in [6.45, 7) is 3.59. The van der Waals surface area contributed by atoms with E-state index in [1.54, 1.807) is 18.8 Å². The lowest BCUT2D eigenvalue weighted by Gasteiger charge is -1.84. The summed E-state index contributed by atoms with van der Waals surface area (Å²) < 4.78 is 0. The molecule has 0 aliphatic rings. The van der Waals surface area contributed by atoms with Gasteiger partial charge >= 0.3 is 0 Å². The van der Waals surface area contributed by atoms with Crippen LogP contribution in [0.2, 0.25) is 0 Å². The van der Waals surface area contributed by atoms with Crippen molar-refractivity contribution >= 4 is 17.3 Å². The number of thioether (sulfide) groups is 1. The first-order chi connectivity index (χ1) is 3.91. The van der Waals surface area contributed by atoms with Crippen LogP contribution in [0, 0.1) is 0 Å². The molecule has 0 atom stereocenters. The zero-order chi connectivity index (χ0) is 6.24. The highest BCUT2D eigenvalue weighted by Crippen LogP contribution is 1.96. The quantitative estimate of drug-likeness (QED) is 0.243. The van der Waals surface area contributed by atoms with E-state index in [0.717, 1.165) is 12.2 Å². The first-order valence-electron chi connectivity index (χ1n) is 2.48. The van der Waals surface area contributed by atoms with Gasteiger partial charge in [-0.3, -0.25) is 4.99 Å². The molecule has 0 saturated heterocycles. The van der Waals surface area contributed by atoms with Gasteiger partial charge in [0.25, 0.3) is 0 Å².